The first kappa shape index (κ1) is 10.8. The molecule has 1 aromatic rings. The smallest absolute Gasteiger partial charge is 0.264 e. The Bertz CT molecular complexity index is 383. The van der Waals surface area contributed by atoms with E-state index in [4.69, 9.17) is 17.3 Å². The van der Waals surface area contributed by atoms with Crippen molar-refractivity contribution in [3.63, 3.8) is 0 Å². The summed E-state index contributed by atoms with van der Waals surface area (Å²) in [4.78, 5) is 13.6. The Morgan fingerprint density at radius 3 is 2.57 bits per heavy atom. The Labute approximate surface area is 81.7 Å². The van der Waals surface area contributed by atoms with E-state index in [2.05, 4.69) is 4.98 Å². The number of pyridine rings is 1. The fourth-order valence-corrected chi connectivity index (χ4v) is 1.11. The summed E-state index contributed by atoms with van der Waals surface area (Å²) >= 11 is 4.92. The maximum Gasteiger partial charge on any atom is 0.264 e. The van der Waals surface area contributed by atoms with E-state index in [1.165, 1.54) is 0 Å². The summed E-state index contributed by atoms with van der Waals surface area (Å²) < 4.78 is 37.5. The van der Waals surface area contributed by atoms with Crippen LogP contribution in [0.25, 0.3) is 0 Å². The minimum atomic E-state index is -3.03. The van der Waals surface area contributed by atoms with Gasteiger partial charge >= 0.3 is 0 Å². The van der Waals surface area contributed by atoms with Gasteiger partial charge in [-0.1, -0.05) is 0 Å². The first-order chi connectivity index (χ1) is 6.43. The van der Waals surface area contributed by atoms with Crippen molar-refractivity contribution in [1.29, 1.82) is 0 Å². The summed E-state index contributed by atoms with van der Waals surface area (Å²) in [5, 5.41) is -1.33. The number of aromatic nitrogens is 1. The molecule has 76 valence electrons. The van der Waals surface area contributed by atoms with Gasteiger partial charge in [0.05, 0.1) is 5.56 Å². The average Bonchev–Trinajstić information content (AvgIpc) is 2.01. The third-order valence-corrected chi connectivity index (χ3v) is 1.65. The lowest BCUT2D eigenvalue weighted by atomic mass is 10.1. The summed E-state index contributed by atoms with van der Waals surface area (Å²) in [6, 6.07) is 0.712. The molecule has 0 aliphatic heterocycles. The molecule has 0 unspecified atom stereocenters. The third kappa shape index (κ3) is 1.95. The van der Waals surface area contributed by atoms with Crippen molar-refractivity contribution in [2.24, 2.45) is 0 Å². The summed E-state index contributed by atoms with van der Waals surface area (Å²) in [7, 11) is 0. The normalized spacial score (nSPS) is 10.6. The molecule has 1 aromatic heterocycles. The van der Waals surface area contributed by atoms with Gasteiger partial charge in [-0.3, -0.25) is 4.79 Å². The number of halogens is 4. The number of nitrogens with zero attached hydrogens (tertiary/aromatic N) is 1. The number of hydrogen-bond donors (Lipinski definition) is 1. The van der Waals surface area contributed by atoms with Gasteiger partial charge in [-0.2, -0.15) is 4.39 Å². The number of hydrogen-bond acceptors (Lipinski definition) is 3. The third-order valence-electron chi connectivity index (χ3n) is 1.46. The van der Waals surface area contributed by atoms with Crippen LogP contribution < -0.4 is 5.73 Å². The van der Waals surface area contributed by atoms with Crippen molar-refractivity contribution in [3.8, 4) is 0 Å². The topological polar surface area (TPSA) is 56.0 Å². The minimum Gasteiger partial charge on any atom is -0.384 e. The van der Waals surface area contributed by atoms with E-state index in [-0.39, 0.29) is 0 Å². The maximum atomic E-state index is 12.9. The fraction of sp³-hybridized carbons (Fsp3) is 0.143. The average molecular weight is 225 g/mol. The summed E-state index contributed by atoms with van der Waals surface area (Å²) in [5.41, 5.74) is 3.24. The van der Waals surface area contributed by atoms with Gasteiger partial charge in [0.15, 0.2) is 0 Å². The monoisotopic (exact) mass is 224 g/mol. The zero-order valence-corrected chi connectivity index (χ0v) is 7.36. The molecule has 1 heterocycles. The predicted octanol–water partition coefficient (Wildman–Crippen LogP) is 2.12. The zero-order valence-electron chi connectivity index (χ0n) is 6.60. The molecule has 0 saturated carbocycles. The molecule has 0 aliphatic rings. The van der Waals surface area contributed by atoms with Crippen LogP contribution in [-0.4, -0.2) is 10.2 Å². The molecule has 0 radical (unpaired) electrons. The molecule has 2 N–H and O–H groups in total. The Balaban J connectivity index is 3.44. The summed E-state index contributed by atoms with van der Waals surface area (Å²) in [5.74, 6) is -1.82. The van der Waals surface area contributed by atoms with E-state index in [0.717, 1.165) is 0 Å². The van der Waals surface area contributed by atoms with E-state index in [1.807, 2.05) is 0 Å². The van der Waals surface area contributed by atoms with Gasteiger partial charge in [0.1, 0.15) is 5.82 Å². The van der Waals surface area contributed by atoms with Crippen LogP contribution >= 0.6 is 11.6 Å². The lowest BCUT2D eigenvalue weighted by molar-refractivity contribution is 0.106. The molecule has 1 rings (SSSR count). The highest BCUT2D eigenvalue weighted by Gasteiger charge is 2.23. The molecule has 0 amide bonds. The highest BCUT2D eigenvalue weighted by molar-refractivity contribution is 6.67. The summed E-state index contributed by atoms with van der Waals surface area (Å²) in [6.45, 7) is 0. The lowest BCUT2D eigenvalue weighted by Crippen LogP contribution is -2.07. The lowest BCUT2D eigenvalue weighted by Gasteiger charge is -2.06. The van der Waals surface area contributed by atoms with Gasteiger partial charge in [0.2, 0.25) is 5.95 Å². The molecule has 0 spiro atoms. The number of anilines is 1. The molecular formula is C7H4ClF3N2O. The van der Waals surface area contributed by atoms with E-state index in [0.29, 0.717) is 6.07 Å². The van der Waals surface area contributed by atoms with Crippen molar-refractivity contribution in [1.82, 2.24) is 4.98 Å². The number of carbonyl (C=O) groups excluding carboxylic acids is 1. The van der Waals surface area contributed by atoms with Crippen molar-refractivity contribution in [2.75, 3.05) is 5.73 Å². The van der Waals surface area contributed by atoms with Gasteiger partial charge < -0.3 is 5.73 Å². The van der Waals surface area contributed by atoms with E-state index in [9.17, 15) is 18.0 Å². The maximum absolute atomic E-state index is 12.9. The number of nitrogen functional groups attached to an aromatic ring is 1. The molecule has 0 saturated heterocycles. The molecule has 0 atom stereocenters. The van der Waals surface area contributed by atoms with Crippen LogP contribution in [0, 0.1) is 5.95 Å². The van der Waals surface area contributed by atoms with Crippen LogP contribution in [0.15, 0.2) is 6.07 Å². The van der Waals surface area contributed by atoms with Crippen LogP contribution in [0.3, 0.4) is 0 Å². The first-order valence-corrected chi connectivity index (χ1v) is 3.75. The van der Waals surface area contributed by atoms with Crippen molar-refractivity contribution in [3.05, 3.63) is 23.1 Å². The van der Waals surface area contributed by atoms with Crippen molar-refractivity contribution >= 4 is 22.7 Å². The molecule has 0 aliphatic carbocycles. The first-order valence-electron chi connectivity index (χ1n) is 3.37. The van der Waals surface area contributed by atoms with E-state index < -0.39 is 34.6 Å². The van der Waals surface area contributed by atoms with Gasteiger partial charge in [0, 0.05) is 5.56 Å². The summed E-state index contributed by atoms with van der Waals surface area (Å²) in [6.07, 6.45) is -3.03. The van der Waals surface area contributed by atoms with Crippen LogP contribution in [0.4, 0.5) is 19.0 Å². The molecular weight excluding hydrogens is 221 g/mol. The molecule has 14 heavy (non-hydrogen) atoms. The molecule has 0 fully saturated rings. The number of rotatable bonds is 2. The second kappa shape index (κ2) is 3.83. The van der Waals surface area contributed by atoms with Crippen LogP contribution in [0.1, 0.15) is 22.3 Å². The zero-order chi connectivity index (χ0) is 10.9. The van der Waals surface area contributed by atoms with Crippen LogP contribution in [-0.2, 0) is 0 Å². The Morgan fingerprint density at radius 2 is 2.14 bits per heavy atom. The standard InChI is InChI=1S/C7H4ClF3N2O/c8-5(14)4-2(6(9)10)1-3(12)13-7(4)11/h1,6H,(H2,12,13). The number of carbonyl (C=O) groups is 1. The number of nitrogens with two attached hydrogens (primary N) is 1. The van der Waals surface area contributed by atoms with Gasteiger partial charge in [0.25, 0.3) is 11.7 Å². The quantitative estimate of drug-likeness (QED) is 0.618. The van der Waals surface area contributed by atoms with Crippen molar-refractivity contribution in [2.45, 2.75) is 6.43 Å². The van der Waals surface area contributed by atoms with Gasteiger partial charge in [-0.25, -0.2) is 13.8 Å². The predicted molar refractivity (Wildman–Crippen MR) is 43.7 cm³/mol. The largest absolute Gasteiger partial charge is 0.384 e. The highest BCUT2D eigenvalue weighted by Crippen LogP contribution is 2.26. The Morgan fingerprint density at radius 1 is 1.57 bits per heavy atom. The van der Waals surface area contributed by atoms with E-state index in [1.54, 1.807) is 0 Å². The van der Waals surface area contributed by atoms with E-state index >= 15 is 0 Å². The molecule has 0 aromatic carbocycles. The second-order valence-electron chi connectivity index (χ2n) is 2.38. The Hall–Kier alpha value is -1.30. The SMILES string of the molecule is Nc1cc(C(F)F)c(C(=O)Cl)c(F)n1. The minimum absolute atomic E-state index is 0.431. The van der Waals surface area contributed by atoms with Crippen LogP contribution in [0.2, 0.25) is 0 Å². The van der Waals surface area contributed by atoms with Crippen LogP contribution in [0.5, 0.6) is 0 Å². The number of alkyl halides is 2. The second-order valence-corrected chi connectivity index (χ2v) is 2.72. The van der Waals surface area contributed by atoms with Gasteiger partial charge in [-0.15, -0.1) is 0 Å². The highest BCUT2D eigenvalue weighted by atomic mass is 35.5. The fourth-order valence-electron chi connectivity index (χ4n) is 0.919. The van der Waals surface area contributed by atoms with Gasteiger partial charge in [-0.05, 0) is 17.7 Å². The van der Waals surface area contributed by atoms with Crippen molar-refractivity contribution < 1.29 is 18.0 Å². The Kier molecular flexibility index (Phi) is 2.95. The molecule has 3 nitrogen and oxygen atoms in total. The molecule has 7 heteroatoms. The molecule has 0 bridgehead atoms.